The van der Waals surface area contributed by atoms with Crippen LogP contribution in [0.2, 0.25) is 10.0 Å². The Kier molecular flexibility index (Phi) is 5.81. The third-order valence-electron chi connectivity index (χ3n) is 2.81. The first kappa shape index (κ1) is 16.3. The molecule has 0 saturated heterocycles. The van der Waals surface area contributed by atoms with E-state index in [9.17, 15) is 4.79 Å². The fourth-order valence-corrected chi connectivity index (χ4v) is 2.13. The van der Waals surface area contributed by atoms with Gasteiger partial charge in [-0.05, 0) is 30.7 Å². The molecular formula is C16H14Cl2N2O2. The second-order valence-corrected chi connectivity index (χ2v) is 5.36. The minimum atomic E-state index is -0.357. The third-order valence-corrected chi connectivity index (χ3v) is 3.37. The maximum atomic E-state index is 11.7. The topological polar surface area (TPSA) is 50.7 Å². The molecule has 0 heterocycles. The molecular weight excluding hydrogens is 323 g/mol. The number of rotatable bonds is 5. The van der Waals surface area contributed by atoms with E-state index in [0.29, 0.717) is 21.4 Å². The van der Waals surface area contributed by atoms with Crippen molar-refractivity contribution in [2.45, 2.75) is 6.92 Å². The molecule has 4 nitrogen and oxygen atoms in total. The Morgan fingerprint density at radius 2 is 2.05 bits per heavy atom. The van der Waals surface area contributed by atoms with Gasteiger partial charge in [0, 0.05) is 10.6 Å². The van der Waals surface area contributed by atoms with Crippen LogP contribution in [-0.2, 0) is 4.79 Å². The number of para-hydroxylation sites is 1. The Hall–Kier alpha value is -2.04. The molecule has 2 aromatic rings. The monoisotopic (exact) mass is 336 g/mol. The number of nitrogens with one attached hydrogen (secondary N) is 1. The van der Waals surface area contributed by atoms with Gasteiger partial charge in [-0.15, -0.1) is 0 Å². The standard InChI is InChI=1S/C16H14Cl2N2O2/c1-11-4-2-3-5-15(11)22-10-16(21)20-19-9-12-6-7-13(17)8-14(12)18/h2-9H,10H2,1H3,(H,20,21). The van der Waals surface area contributed by atoms with Gasteiger partial charge >= 0.3 is 0 Å². The predicted molar refractivity (Wildman–Crippen MR) is 88.9 cm³/mol. The van der Waals surface area contributed by atoms with Crippen LogP contribution >= 0.6 is 23.2 Å². The third kappa shape index (κ3) is 4.76. The molecule has 0 saturated carbocycles. The van der Waals surface area contributed by atoms with E-state index < -0.39 is 0 Å². The van der Waals surface area contributed by atoms with Gasteiger partial charge in [0.1, 0.15) is 5.75 Å². The number of hydrogen-bond acceptors (Lipinski definition) is 3. The number of carbonyl (C=O) groups is 1. The molecule has 114 valence electrons. The Labute approximate surface area is 138 Å². The van der Waals surface area contributed by atoms with Crippen molar-refractivity contribution in [3.63, 3.8) is 0 Å². The molecule has 1 N–H and O–H groups in total. The number of hydrazone groups is 1. The fourth-order valence-electron chi connectivity index (χ4n) is 1.67. The van der Waals surface area contributed by atoms with Gasteiger partial charge in [-0.2, -0.15) is 5.10 Å². The van der Waals surface area contributed by atoms with E-state index >= 15 is 0 Å². The summed E-state index contributed by atoms with van der Waals surface area (Å²) in [5.74, 6) is 0.312. The molecule has 22 heavy (non-hydrogen) atoms. The summed E-state index contributed by atoms with van der Waals surface area (Å²) in [7, 11) is 0. The van der Waals surface area contributed by atoms with Crippen molar-refractivity contribution in [3.05, 3.63) is 63.6 Å². The van der Waals surface area contributed by atoms with E-state index in [1.54, 1.807) is 24.3 Å². The van der Waals surface area contributed by atoms with E-state index in [-0.39, 0.29) is 12.5 Å². The van der Waals surface area contributed by atoms with Gasteiger partial charge in [0.05, 0.1) is 11.2 Å². The number of ether oxygens (including phenoxy) is 1. The highest BCUT2D eigenvalue weighted by molar-refractivity contribution is 6.36. The molecule has 0 aromatic heterocycles. The number of benzene rings is 2. The van der Waals surface area contributed by atoms with Crippen LogP contribution in [-0.4, -0.2) is 18.7 Å². The zero-order chi connectivity index (χ0) is 15.9. The lowest BCUT2D eigenvalue weighted by atomic mass is 10.2. The number of nitrogens with zero attached hydrogens (tertiary/aromatic N) is 1. The largest absolute Gasteiger partial charge is 0.483 e. The molecule has 0 spiro atoms. The van der Waals surface area contributed by atoms with Crippen LogP contribution in [0, 0.1) is 6.92 Å². The highest BCUT2D eigenvalue weighted by Gasteiger charge is 2.03. The molecule has 2 rings (SSSR count). The van der Waals surface area contributed by atoms with Crippen molar-refractivity contribution < 1.29 is 9.53 Å². The van der Waals surface area contributed by atoms with Crippen molar-refractivity contribution in [1.29, 1.82) is 0 Å². The van der Waals surface area contributed by atoms with E-state index in [1.165, 1.54) is 6.21 Å². The number of aryl methyl sites for hydroxylation is 1. The average Bonchev–Trinajstić information content (AvgIpc) is 2.49. The minimum Gasteiger partial charge on any atom is -0.483 e. The SMILES string of the molecule is Cc1ccccc1OCC(=O)NN=Cc1ccc(Cl)cc1Cl. The van der Waals surface area contributed by atoms with Crippen molar-refractivity contribution in [3.8, 4) is 5.75 Å². The Morgan fingerprint density at radius 1 is 1.27 bits per heavy atom. The van der Waals surface area contributed by atoms with Crippen molar-refractivity contribution in [1.82, 2.24) is 5.43 Å². The fraction of sp³-hybridized carbons (Fsp3) is 0.125. The van der Waals surface area contributed by atoms with Gasteiger partial charge in [-0.25, -0.2) is 5.43 Å². The van der Waals surface area contributed by atoms with Gasteiger partial charge in [-0.3, -0.25) is 4.79 Å². The molecule has 0 bridgehead atoms. The second kappa shape index (κ2) is 7.82. The van der Waals surface area contributed by atoms with Crippen LogP contribution in [0.1, 0.15) is 11.1 Å². The lowest BCUT2D eigenvalue weighted by molar-refractivity contribution is -0.123. The molecule has 6 heteroatoms. The van der Waals surface area contributed by atoms with Crippen molar-refractivity contribution in [2.24, 2.45) is 5.10 Å². The maximum Gasteiger partial charge on any atom is 0.277 e. The lowest BCUT2D eigenvalue weighted by Crippen LogP contribution is -2.24. The van der Waals surface area contributed by atoms with Crippen LogP contribution in [0.15, 0.2) is 47.6 Å². The smallest absolute Gasteiger partial charge is 0.277 e. The number of amides is 1. The molecule has 2 aromatic carbocycles. The van der Waals surface area contributed by atoms with Gasteiger partial charge in [0.2, 0.25) is 0 Å². The summed E-state index contributed by atoms with van der Waals surface area (Å²) < 4.78 is 5.41. The number of hydrogen-bond donors (Lipinski definition) is 1. The highest BCUT2D eigenvalue weighted by Crippen LogP contribution is 2.19. The van der Waals surface area contributed by atoms with Crippen LogP contribution in [0.25, 0.3) is 0 Å². The van der Waals surface area contributed by atoms with E-state index in [1.807, 2.05) is 25.1 Å². The van der Waals surface area contributed by atoms with Crippen LogP contribution in [0.5, 0.6) is 5.75 Å². The van der Waals surface area contributed by atoms with Gasteiger partial charge in [0.15, 0.2) is 6.61 Å². The molecule has 0 aliphatic heterocycles. The number of halogens is 2. The summed E-state index contributed by atoms with van der Waals surface area (Å²) in [5, 5.41) is 4.83. The molecule has 0 atom stereocenters. The number of carbonyl (C=O) groups excluding carboxylic acids is 1. The predicted octanol–water partition coefficient (Wildman–Crippen LogP) is 3.83. The first-order chi connectivity index (χ1) is 10.6. The Morgan fingerprint density at radius 3 is 2.77 bits per heavy atom. The van der Waals surface area contributed by atoms with Gasteiger partial charge < -0.3 is 4.74 Å². The summed E-state index contributed by atoms with van der Waals surface area (Å²) >= 11 is 11.8. The van der Waals surface area contributed by atoms with Crippen LogP contribution in [0.3, 0.4) is 0 Å². The van der Waals surface area contributed by atoms with Crippen LogP contribution in [0.4, 0.5) is 0 Å². The molecule has 0 unspecified atom stereocenters. The summed E-state index contributed by atoms with van der Waals surface area (Å²) in [4.78, 5) is 11.7. The van der Waals surface area contributed by atoms with E-state index in [4.69, 9.17) is 27.9 Å². The first-order valence-electron chi connectivity index (χ1n) is 6.51. The van der Waals surface area contributed by atoms with Crippen molar-refractivity contribution >= 4 is 35.3 Å². The van der Waals surface area contributed by atoms with Gasteiger partial charge in [-0.1, -0.05) is 47.5 Å². The molecule has 0 aliphatic carbocycles. The minimum absolute atomic E-state index is 0.115. The summed E-state index contributed by atoms with van der Waals surface area (Å²) in [6.45, 7) is 1.80. The quantitative estimate of drug-likeness (QED) is 0.666. The van der Waals surface area contributed by atoms with Crippen molar-refractivity contribution in [2.75, 3.05) is 6.61 Å². The lowest BCUT2D eigenvalue weighted by Gasteiger charge is -2.07. The molecule has 1 amide bonds. The maximum absolute atomic E-state index is 11.7. The Bertz CT molecular complexity index is 702. The summed E-state index contributed by atoms with van der Waals surface area (Å²) in [6.07, 6.45) is 1.45. The summed E-state index contributed by atoms with van der Waals surface area (Å²) in [6, 6.07) is 12.5. The average molecular weight is 337 g/mol. The molecule has 0 radical (unpaired) electrons. The van der Waals surface area contributed by atoms with Crippen LogP contribution < -0.4 is 10.2 Å². The first-order valence-corrected chi connectivity index (χ1v) is 7.27. The van der Waals surface area contributed by atoms with Gasteiger partial charge in [0.25, 0.3) is 5.91 Å². The zero-order valence-electron chi connectivity index (χ0n) is 11.8. The highest BCUT2D eigenvalue weighted by atomic mass is 35.5. The molecule has 0 fully saturated rings. The normalized spacial score (nSPS) is 10.7. The van der Waals surface area contributed by atoms with E-state index in [2.05, 4.69) is 10.5 Å². The Balaban J connectivity index is 1.85. The zero-order valence-corrected chi connectivity index (χ0v) is 13.4. The molecule has 0 aliphatic rings. The second-order valence-electron chi connectivity index (χ2n) is 4.51. The summed E-state index contributed by atoms with van der Waals surface area (Å²) in [5.41, 5.74) is 4.00. The van der Waals surface area contributed by atoms with E-state index in [0.717, 1.165) is 5.56 Å².